The van der Waals surface area contributed by atoms with Gasteiger partial charge in [-0.05, 0) is 36.7 Å². The third-order valence-corrected chi connectivity index (χ3v) is 4.73. The maximum Gasteiger partial charge on any atom is 0.200 e. The minimum atomic E-state index is 0.394. The third-order valence-electron chi connectivity index (χ3n) is 4.73. The second-order valence-electron chi connectivity index (χ2n) is 6.69. The molecular formula is C16H25N5. The van der Waals surface area contributed by atoms with Crippen molar-refractivity contribution in [3.8, 4) is 0 Å². The monoisotopic (exact) mass is 287 g/mol. The predicted octanol–water partition coefficient (Wildman–Crippen LogP) is 3.63. The van der Waals surface area contributed by atoms with Crippen LogP contribution < -0.4 is 5.32 Å². The summed E-state index contributed by atoms with van der Waals surface area (Å²) in [5, 5.41) is 16.4. The molecule has 0 aromatic carbocycles. The van der Waals surface area contributed by atoms with Crippen LogP contribution in [0.25, 0.3) is 5.65 Å². The Kier molecular flexibility index (Phi) is 3.83. The Bertz CT molecular complexity index is 612. The average molecular weight is 287 g/mol. The van der Waals surface area contributed by atoms with Gasteiger partial charge in [0.05, 0.1) is 11.4 Å². The second-order valence-corrected chi connectivity index (χ2v) is 6.69. The average Bonchev–Trinajstić information content (AvgIpc) is 2.89. The molecule has 1 aliphatic carbocycles. The van der Waals surface area contributed by atoms with E-state index < -0.39 is 0 Å². The zero-order valence-electron chi connectivity index (χ0n) is 13.3. The summed E-state index contributed by atoms with van der Waals surface area (Å²) in [7, 11) is 0. The number of hydrogen-bond donors (Lipinski definition) is 1. The molecule has 0 bridgehead atoms. The second kappa shape index (κ2) is 5.62. The molecule has 114 valence electrons. The number of fused-ring (bicyclic) bond motifs is 1. The van der Waals surface area contributed by atoms with E-state index in [9.17, 15) is 0 Å². The highest BCUT2D eigenvalue weighted by atomic mass is 15.3. The van der Waals surface area contributed by atoms with E-state index in [2.05, 4.69) is 47.5 Å². The standard InChI is InChI=1S/C16H25N5/c1-4-6-16(7-5-8-16)10-17-14-9-13(12(2)3)20-21-11-18-19-15(14)21/h9,11-12,17H,4-8,10H2,1-3H3. The number of rotatable bonds is 6. The van der Waals surface area contributed by atoms with Gasteiger partial charge >= 0.3 is 0 Å². The smallest absolute Gasteiger partial charge is 0.200 e. The van der Waals surface area contributed by atoms with E-state index in [0.29, 0.717) is 11.3 Å². The summed E-state index contributed by atoms with van der Waals surface area (Å²) in [5.74, 6) is 0.394. The molecule has 1 saturated carbocycles. The first-order chi connectivity index (χ1) is 10.1. The highest BCUT2D eigenvalue weighted by Crippen LogP contribution is 2.44. The number of anilines is 1. The molecule has 0 saturated heterocycles. The van der Waals surface area contributed by atoms with Gasteiger partial charge in [0.25, 0.3) is 0 Å². The molecule has 1 fully saturated rings. The van der Waals surface area contributed by atoms with E-state index in [-0.39, 0.29) is 0 Å². The zero-order chi connectivity index (χ0) is 14.9. The van der Waals surface area contributed by atoms with Gasteiger partial charge in [-0.25, -0.2) is 0 Å². The van der Waals surface area contributed by atoms with E-state index in [0.717, 1.165) is 23.6 Å². The van der Waals surface area contributed by atoms with Crippen LogP contribution in [-0.4, -0.2) is 26.4 Å². The quantitative estimate of drug-likeness (QED) is 0.881. The van der Waals surface area contributed by atoms with Crippen molar-refractivity contribution in [1.29, 1.82) is 0 Å². The van der Waals surface area contributed by atoms with Crippen LogP contribution in [0.15, 0.2) is 12.4 Å². The number of hydrogen-bond acceptors (Lipinski definition) is 4. The molecule has 1 aliphatic rings. The summed E-state index contributed by atoms with van der Waals surface area (Å²) < 4.78 is 1.78. The van der Waals surface area contributed by atoms with Crippen molar-refractivity contribution < 1.29 is 0 Å². The first-order valence-corrected chi connectivity index (χ1v) is 8.08. The topological polar surface area (TPSA) is 55.1 Å². The Morgan fingerprint density at radius 2 is 2.19 bits per heavy atom. The van der Waals surface area contributed by atoms with Crippen LogP contribution in [0.4, 0.5) is 5.69 Å². The minimum absolute atomic E-state index is 0.394. The number of nitrogens with zero attached hydrogens (tertiary/aromatic N) is 4. The fraction of sp³-hybridized carbons (Fsp3) is 0.688. The Morgan fingerprint density at radius 3 is 2.81 bits per heavy atom. The van der Waals surface area contributed by atoms with E-state index in [1.54, 1.807) is 10.8 Å². The SMILES string of the molecule is CCCC1(CNc2cc(C(C)C)nn3cnnc23)CCC1. The van der Waals surface area contributed by atoms with Crippen molar-refractivity contribution in [2.45, 2.75) is 58.8 Å². The minimum Gasteiger partial charge on any atom is -0.381 e. The van der Waals surface area contributed by atoms with Crippen LogP contribution in [0.2, 0.25) is 0 Å². The summed E-state index contributed by atoms with van der Waals surface area (Å²) in [6.45, 7) is 7.63. The highest BCUT2D eigenvalue weighted by Gasteiger charge is 2.35. The van der Waals surface area contributed by atoms with Gasteiger partial charge in [-0.1, -0.05) is 33.6 Å². The Morgan fingerprint density at radius 1 is 1.38 bits per heavy atom. The summed E-state index contributed by atoms with van der Waals surface area (Å²) in [6.07, 6.45) is 8.31. The van der Waals surface area contributed by atoms with Gasteiger partial charge in [-0.2, -0.15) is 9.61 Å². The summed E-state index contributed by atoms with van der Waals surface area (Å²) in [5.41, 5.74) is 3.45. The van der Waals surface area contributed by atoms with Gasteiger partial charge in [0.2, 0.25) is 5.65 Å². The highest BCUT2D eigenvalue weighted by molar-refractivity contribution is 5.66. The molecular weight excluding hydrogens is 262 g/mol. The van der Waals surface area contributed by atoms with E-state index >= 15 is 0 Å². The molecule has 0 aliphatic heterocycles. The van der Waals surface area contributed by atoms with Gasteiger partial charge in [0, 0.05) is 6.54 Å². The molecule has 2 aromatic rings. The van der Waals surface area contributed by atoms with Crippen LogP contribution in [0.1, 0.15) is 64.5 Å². The Hall–Kier alpha value is -1.65. The molecule has 5 heteroatoms. The molecule has 2 heterocycles. The van der Waals surface area contributed by atoms with Crippen molar-refractivity contribution >= 4 is 11.3 Å². The fourth-order valence-corrected chi connectivity index (χ4v) is 3.26. The maximum atomic E-state index is 4.56. The number of nitrogens with one attached hydrogen (secondary N) is 1. The van der Waals surface area contributed by atoms with Gasteiger partial charge in [-0.3, -0.25) is 0 Å². The summed E-state index contributed by atoms with van der Waals surface area (Å²) >= 11 is 0. The molecule has 1 N–H and O–H groups in total. The first-order valence-electron chi connectivity index (χ1n) is 8.08. The molecule has 0 spiro atoms. The van der Waals surface area contributed by atoms with E-state index in [1.165, 1.54) is 32.1 Å². The molecule has 2 aromatic heterocycles. The molecule has 21 heavy (non-hydrogen) atoms. The van der Waals surface area contributed by atoms with Crippen molar-refractivity contribution in [2.24, 2.45) is 5.41 Å². The lowest BCUT2D eigenvalue weighted by atomic mass is 9.66. The van der Waals surface area contributed by atoms with Crippen LogP contribution >= 0.6 is 0 Å². The molecule has 5 nitrogen and oxygen atoms in total. The third kappa shape index (κ3) is 2.74. The molecule has 0 atom stereocenters. The molecule has 3 rings (SSSR count). The van der Waals surface area contributed by atoms with Gasteiger partial charge in [0.15, 0.2) is 0 Å². The molecule has 0 amide bonds. The normalized spacial score (nSPS) is 17.1. The Labute approximate surface area is 126 Å². The van der Waals surface area contributed by atoms with Crippen molar-refractivity contribution in [1.82, 2.24) is 19.8 Å². The summed E-state index contributed by atoms with van der Waals surface area (Å²) in [6, 6.07) is 2.13. The van der Waals surface area contributed by atoms with Crippen LogP contribution in [0.3, 0.4) is 0 Å². The summed E-state index contributed by atoms with van der Waals surface area (Å²) in [4.78, 5) is 0. The van der Waals surface area contributed by atoms with Crippen LogP contribution in [-0.2, 0) is 0 Å². The molecule has 0 unspecified atom stereocenters. The van der Waals surface area contributed by atoms with Gasteiger partial charge in [-0.15, -0.1) is 10.2 Å². The Balaban J connectivity index is 1.84. The van der Waals surface area contributed by atoms with Crippen molar-refractivity contribution in [2.75, 3.05) is 11.9 Å². The van der Waals surface area contributed by atoms with Crippen LogP contribution in [0, 0.1) is 5.41 Å². The lowest BCUT2D eigenvalue weighted by Gasteiger charge is -2.42. The van der Waals surface area contributed by atoms with Gasteiger partial charge < -0.3 is 5.32 Å². The largest absolute Gasteiger partial charge is 0.381 e. The lowest BCUT2D eigenvalue weighted by Crippen LogP contribution is -2.36. The van der Waals surface area contributed by atoms with Crippen molar-refractivity contribution in [3.63, 3.8) is 0 Å². The fourth-order valence-electron chi connectivity index (χ4n) is 3.26. The van der Waals surface area contributed by atoms with Gasteiger partial charge in [0.1, 0.15) is 6.33 Å². The van der Waals surface area contributed by atoms with Crippen LogP contribution in [0.5, 0.6) is 0 Å². The first kappa shape index (κ1) is 14.3. The lowest BCUT2D eigenvalue weighted by molar-refractivity contribution is 0.136. The van der Waals surface area contributed by atoms with E-state index in [4.69, 9.17) is 0 Å². The molecule has 0 radical (unpaired) electrons. The maximum absolute atomic E-state index is 4.56. The van der Waals surface area contributed by atoms with E-state index in [1.807, 2.05) is 0 Å². The van der Waals surface area contributed by atoms with Crippen molar-refractivity contribution in [3.05, 3.63) is 18.1 Å². The number of aromatic nitrogens is 4. The predicted molar refractivity (Wildman–Crippen MR) is 84.6 cm³/mol. The zero-order valence-corrected chi connectivity index (χ0v) is 13.3.